The maximum absolute atomic E-state index is 11.7. The van der Waals surface area contributed by atoms with Gasteiger partial charge < -0.3 is 19.3 Å². The Bertz CT molecular complexity index is 449. The third kappa shape index (κ3) is 1.86. The van der Waals surface area contributed by atoms with Crippen molar-refractivity contribution in [2.45, 2.75) is 37.3 Å². The van der Waals surface area contributed by atoms with Crippen LogP contribution in [-0.4, -0.2) is 52.9 Å². The maximum atomic E-state index is 11.7. The van der Waals surface area contributed by atoms with E-state index < -0.39 is 29.5 Å². The number of fused-ring (bicyclic) bond motifs is 1. The molecule has 0 atom stereocenters. The lowest BCUT2D eigenvalue weighted by Crippen LogP contribution is -2.51. The normalized spacial score (nSPS) is 36.4. The van der Waals surface area contributed by atoms with Crippen LogP contribution in [0.15, 0.2) is 0 Å². The highest BCUT2D eigenvalue weighted by atomic mass is 16.9. The SMILES string of the molecule is O=C(ON1C(=O)CCC1=O)OC12OCCC1(O)CCO2. The largest absolute Gasteiger partial charge is 0.538 e. The van der Waals surface area contributed by atoms with E-state index in [4.69, 9.17) is 14.2 Å². The van der Waals surface area contributed by atoms with Gasteiger partial charge in [0.2, 0.25) is 0 Å². The van der Waals surface area contributed by atoms with Crippen molar-refractivity contribution in [2.75, 3.05) is 13.2 Å². The molecule has 0 aliphatic carbocycles. The second-order valence-corrected chi connectivity index (χ2v) is 4.81. The molecule has 0 unspecified atom stereocenters. The van der Waals surface area contributed by atoms with Gasteiger partial charge in [0.1, 0.15) is 0 Å². The van der Waals surface area contributed by atoms with E-state index in [9.17, 15) is 19.5 Å². The molecule has 3 aliphatic heterocycles. The van der Waals surface area contributed by atoms with Crippen LogP contribution in [0.3, 0.4) is 0 Å². The van der Waals surface area contributed by atoms with E-state index in [0.717, 1.165) is 0 Å². The third-order valence-corrected chi connectivity index (χ3v) is 3.57. The Labute approximate surface area is 113 Å². The van der Waals surface area contributed by atoms with Crippen LogP contribution in [0.5, 0.6) is 0 Å². The molecule has 0 radical (unpaired) electrons. The number of ether oxygens (including phenoxy) is 3. The molecule has 9 nitrogen and oxygen atoms in total. The number of nitrogens with zero attached hydrogens (tertiary/aromatic N) is 1. The minimum Gasteiger partial charge on any atom is -0.380 e. The smallest absolute Gasteiger partial charge is 0.380 e. The molecule has 3 fully saturated rings. The van der Waals surface area contributed by atoms with Crippen LogP contribution < -0.4 is 0 Å². The van der Waals surface area contributed by atoms with Gasteiger partial charge in [-0.25, -0.2) is 4.79 Å². The first-order valence-electron chi connectivity index (χ1n) is 6.23. The van der Waals surface area contributed by atoms with Crippen molar-refractivity contribution >= 4 is 18.0 Å². The van der Waals surface area contributed by atoms with E-state index in [1.807, 2.05) is 0 Å². The summed E-state index contributed by atoms with van der Waals surface area (Å²) in [5.74, 6) is -3.17. The molecular weight excluding hydrogens is 274 g/mol. The molecule has 3 heterocycles. The maximum Gasteiger partial charge on any atom is 0.538 e. The summed E-state index contributed by atoms with van der Waals surface area (Å²) in [7, 11) is 0. The summed E-state index contributed by atoms with van der Waals surface area (Å²) >= 11 is 0. The van der Waals surface area contributed by atoms with Gasteiger partial charge in [0.25, 0.3) is 11.8 Å². The summed E-state index contributed by atoms with van der Waals surface area (Å²) in [5, 5.41) is 10.6. The minimum atomic E-state index is -1.92. The number of hydrogen-bond donors (Lipinski definition) is 1. The van der Waals surface area contributed by atoms with Gasteiger partial charge in [0.15, 0.2) is 5.60 Å². The highest BCUT2D eigenvalue weighted by molar-refractivity contribution is 6.01. The predicted molar refractivity (Wildman–Crippen MR) is 57.5 cm³/mol. The van der Waals surface area contributed by atoms with E-state index >= 15 is 0 Å². The number of imide groups is 1. The molecule has 0 aromatic heterocycles. The van der Waals surface area contributed by atoms with Crippen LogP contribution in [0.25, 0.3) is 0 Å². The molecule has 0 spiro atoms. The highest BCUT2D eigenvalue weighted by Crippen LogP contribution is 2.45. The molecule has 0 aromatic carbocycles. The first-order chi connectivity index (χ1) is 9.46. The number of carbonyl (C=O) groups is 3. The summed E-state index contributed by atoms with van der Waals surface area (Å²) in [4.78, 5) is 38.8. The number of hydrogen-bond acceptors (Lipinski definition) is 8. The Morgan fingerprint density at radius 2 is 1.70 bits per heavy atom. The lowest BCUT2D eigenvalue weighted by atomic mass is 9.98. The molecule has 1 N–H and O–H groups in total. The van der Waals surface area contributed by atoms with Gasteiger partial charge in [-0.3, -0.25) is 14.4 Å². The summed E-state index contributed by atoms with van der Waals surface area (Å²) in [5.41, 5.74) is -1.44. The molecule has 3 rings (SSSR count). The number of aliphatic hydroxyl groups is 1. The topological polar surface area (TPSA) is 112 Å². The lowest BCUT2D eigenvalue weighted by Gasteiger charge is -2.31. The molecule has 9 heteroatoms. The summed E-state index contributed by atoms with van der Waals surface area (Å²) in [6, 6.07) is 0. The Balaban J connectivity index is 1.67. The average molecular weight is 287 g/mol. The van der Waals surface area contributed by atoms with Crippen LogP contribution in [0.1, 0.15) is 25.7 Å². The molecular formula is C11H13NO8. The first-order valence-corrected chi connectivity index (χ1v) is 6.23. The molecule has 20 heavy (non-hydrogen) atoms. The van der Waals surface area contributed by atoms with Crippen molar-refractivity contribution < 1.29 is 38.5 Å². The molecule has 3 aliphatic rings. The van der Waals surface area contributed by atoms with Crippen molar-refractivity contribution in [3.63, 3.8) is 0 Å². The van der Waals surface area contributed by atoms with E-state index in [2.05, 4.69) is 4.84 Å². The molecule has 0 saturated carbocycles. The Morgan fingerprint density at radius 1 is 1.15 bits per heavy atom. The van der Waals surface area contributed by atoms with Gasteiger partial charge in [0, 0.05) is 25.7 Å². The number of carbonyl (C=O) groups excluding carboxylic acids is 3. The van der Waals surface area contributed by atoms with E-state index in [-0.39, 0.29) is 38.9 Å². The van der Waals surface area contributed by atoms with Gasteiger partial charge in [-0.2, -0.15) is 0 Å². The fourth-order valence-electron chi connectivity index (χ4n) is 2.46. The van der Waals surface area contributed by atoms with Gasteiger partial charge in [0.05, 0.1) is 13.2 Å². The van der Waals surface area contributed by atoms with Gasteiger partial charge in [-0.05, 0) is 0 Å². The van der Waals surface area contributed by atoms with Crippen LogP contribution in [0.2, 0.25) is 0 Å². The third-order valence-electron chi connectivity index (χ3n) is 3.57. The second kappa shape index (κ2) is 4.40. The molecule has 3 saturated heterocycles. The fraction of sp³-hybridized carbons (Fsp3) is 0.727. The standard InChI is InChI=1S/C11H13NO8/c13-7-1-2-8(14)12(7)20-9(15)19-11-10(16,3-5-17-11)4-6-18-11/h16H,1-6H2. The zero-order valence-corrected chi connectivity index (χ0v) is 10.5. The highest BCUT2D eigenvalue weighted by Gasteiger charge is 2.65. The molecule has 2 amide bonds. The average Bonchev–Trinajstić information content (AvgIpc) is 2.95. The fourth-order valence-corrected chi connectivity index (χ4v) is 2.46. The van der Waals surface area contributed by atoms with Crippen LogP contribution in [-0.2, 0) is 28.6 Å². The second-order valence-electron chi connectivity index (χ2n) is 4.81. The molecule has 0 aromatic rings. The Morgan fingerprint density at radius 3 is 2.25 bits per heavy atom. The monoisotopic (exact) mass is 287 g/mol. The number of rotatable bonds is 2. The van der Waals surface area contributed by atoms with E-state index in [0.29, 0.717) is 5.06 Å². The van der Waals surface area contributed by atoms with E-state index in [1.165, 1.54) is 0 Å². The molecule has 0 bridgehead atoms. The zero-order chi connectivity index (χ0) is 14.4. The van der Waals surface area contributed by atoms with Crippen molar-refractivity contribution in [3.05, 3.63) is 0 Å². The van der Waals surface area contributed by atoms with Crippen molar-refractivity contribution in [3.8, 4) is 0 Å². The van der Waals surface area contributed by atoms with Gasteiger partial charge in [-0.1, -0.05) is 5.06 Å². The zero-order valence-electron chi connectivity index (χ0n) is 10.5. The first kappa shape index (κ1) is 13.3. The van der Waals surface area contributed by atoms with E-state index in [1.54, 1.807) is 0 Å². The van der Waals surface area contributed by atoms with Gasteiger partial charge in [-0.15, -0.1) is 0 Å². The van der Waals surface area contributed by atoms with Crippen molar-refractivity contribution in [1.82, 2.24) is 5.06 Å². The minimum absolute atomic E-state index is 0.0196. The quantitative estimate of drug-likeness (QED) is 0.531. The van der Waals surface area contributed by atoms with Crippen molar-refractivity contribution in [1.29, 1.82) is 0 Å². The summed E-state index contributed by atoms with van der Waals surface area (Å²) in [6.45, 7) is 0.316. The Kier molecular flexibility index (Phi) is 2.92. The summed E-state index contributed by atoms with van der Waals surface area (Å²) in [6.07, 6.45) is -0.873. The number of hydroxylamine groups is 2. The van der Waals surface area contributed by atoms with Crippen molar-refractivity contribution in [2.24, 2.45) is 0 Å². The van der Waals surface area contributed by atoms with Gasteiger partial charge >= 0.3 is 12.1 Å². The predicted octanol–water partition coefficient (Wildman–Crippen LogP) is -0.571. The van der Waals surface area contributed by atoms with Crippen LogP contribution in [0, 0.1) is 0 Å². The Hall–Kier alpha value is -1.71. The number of amides is 2. The summed E-state index contributed by atoms with van der Waals surface area (Å²) < 4.78 is 15.2. The molecule has 110 valence electrons. The van der Waals surface area contributed by atoms with Crippen LogP contribution >= 0.6 is 0 Å². The lowest BCUT2D eigenvalue weighted by molar-refractivity contribution is -0.366. The van der Waals surface area contributed by atoms with Crippen LogP contribution in [0.4, 0.5) is 4.79 Å².